The average molecular weight is 276 g/mol. The Balaban J connectivity index is 2.11. The second-order valence-electron chi connectivity index (χ2n) is 5.57. The SMILES string of the molecule is CCCC1CCCN(c2cc(C(N)=O)c(N)cn2)CC1. The topological polar surface area (TPSA) is 85.2 Å². The summed E-state index contributed by atoms with van der Waals surface area (Å²) in [5.74, 6) is 1.13. The normalized spacial score (nSPS) is 19.6. The van der Waals surface area contributed by atoms with Gasteiger partial charge >= 0.3 is 0 Å². The number of rotatable bonds is 4. The van der Waals surface area contributed by atoms with Crippen molar-refractivity contribution in [1.29, 1.82) is 0 Å². The third-order valence-corrected chi connectivity index (χ3v) is 4.05. The van der Waals surface area contributed by atoms with Crippen molar-refractivity contribution >= 4 is 17.4 Å². The van der Waals surface area contributed by atoms with E-state index in [0.717, 1.165) is 24.8 Å². The molecule has 0 radical (unpaired) electrons. The van der Waals surface area contributed by atoms with Crippen LogP contribution in [0.2, 0.25) is 0 Å². The zero-order valence-electron chi connectivity index (χ0n) is 12.1. The Morgan fingerprint density at radius 1 is 1.45 bits per heavy atom. The summed E-state index contributed by atoms with van der Waals surface area (Å²) in [6.07, 6.45) is 7.71. The van der Waals surface area contributed by atoms with Gasteiger partial charge in [-0.2, -0.15) is 0 Å². The summed E-state index contributed by atoms with van der Waals surface area (Å²) in [6.45, 7) is 4.21. The van der Waals surface area contributed by atoms with Gasteiger partial charge in [-0.3, -0.25) is 4.79 Å². The zero-order valence-corrected chi connectivity index (χ0v) is 12.1. The van der Waals surface area contributed by atoms with Gasteiger partial charge in [-0.15, -0.1) is 0 Å². The van der Waals surface area contributed by atoms with E-state index in [0.29, 0.717) is 11.3 Å². The van der Waals surface area contributed by atoms with E-state index in [-0.39, 0.29) is 0 Å². The summed E-state index contributed by atoms with van der Waals surface area (Å²) in [5.41, 5.74) is 11.8. The van der Waals surface area contributed by atoms with Gasteiger partial charge in [-0.1, -0.05) is 19.8 Å². The molecule has 1 aliphatic rings. The van der Waals surface area contributed by atoms with Crippen molar-refractivity contribution in [3.63, 3.8) is 0 Å². The molecule has 1 atom stereocenters. The Labute approximate surface area is 120 Å². The highest BCUT2D eigenvalue weighted by Gasteiger charge is 2.18. The lowest BCUT2D eigenvalue weighted by molar-refractivity contribution is 0.100. The molecule has 0 saturated carbocycles. The number of nitrogen functional groups attached to an aromatic ring is 1. The van der Waals surface area contributed by atoms with Crippen LogP contribution in [0.4, 0.5) is 11.5 Å². The lowest BCUT2D eigenvalue weighted by Crippen LogP contribution is -2.26. The molecule has 5 nitrogen and oxygen atoms in total. The van der Waals surface area contributed by atoms with Crippen molar-refractivity contribution in [3.05, 3.63) is 17.8 Å². The molecular weight excluding hydrogens is 252 g/mol. The predicted molar refractivity (Wildman–Crippen MR) is 81.6 cm³/mol. The van der Waals surface area contributed by atoms with Gasteiger partial charge in [0.15, 0.2) is 0 Å². The third-order valence-electron chi connectivity index (χ3n) is 4.05. The molecule has 5 heteroatoms. The molecule has 0 aliphatic carbocycles. The molecule has 1 aromatic heterocycles. The monoisotopic (exact) mass is 276 g/mol. The second kappa shape index (κ2) is 6.59. The molecular formula is C15H24N4O. The first-order chi connectivity index (χ1) is 9.61. The Morgan fingerprint density at radius 2 is 2.25 bits per heavy atom. The molecule has 110 valence electrons. The molecule has 2 heterocycles. The quantitative estimate of drug-likeness (QED) is 0.882. The minimum Gasteiger partial charge on any atom is -0.397 e. The van der Waals surface area contributed by atoms with Gasteiger partial charge in [0.25, 0.3) is 5.91 Å². The summed E-state index contributed by atoms with van der Waals surface area (Å²) in [7, 11) is 0. The Hall–Kier alpha value is -1.78. The molecule has 20 heavy (non-hydrogen) atoms. The maximum atomic E-state index is 11.4. The molecule has 2 rings (SSSR count). The van der Waals surface area contributed by atoms with E-state index in [1.54, 1.807) is 6.07 Å². The van der Waals surface area contributed by atoms with Crippen molar-refractivity contribution in [2.75, 3.05) is 23.7 Å². The molecule has 1 aromatic rings. The van der Waals surface area contributed by atoms with E-state index in [4.69, 9.17) is 11.5 Å². The Kier molecular flexibility index (Phi) is 4.82. The van der Waals surface area contributed by atoms with Gasteiger partial charge in [-0.25, -0.2) is 4.98 Å². The van der Waals surface area contributed by atoms with Crippen LogP contribution in [-0.4, -0.2) is 24.0 Å². The molecule has 0 bridgehead atoms. The van der Waals surface area contributed by atoms with Crippen molar-refractivity contribution in [2.45, 2.75) is 39.0 Å². The second-order valence-corrected chi connectivity index (χ2v) is 5.57. The molecule has 1 amide bonds. The van der Waals surface area contributed by atoms with E-state index in [2.05, 4.69) is 16.8 Å². The Bertz CT molecular complexity index is 475. The standard InChI is InChI=1S/C15H24N4O/c1-2-4-11-5-3-7-19(8-6-11)14-9-12(15(17)20)13(16)10-18-14/h9-11H,2-8,16H2,1H3,(H2,17,20). The van der Waals surface area contributed by atoms with Crippen molar-refractivity contribution < 1.29 is 4.79 Å². The summed E-state index contributed by atoms with van der Waals surface area (Å²) in [4.78, 5) is 17.9. The number of primary amides is 1. The van der Waals surface area contributed by atoms with Crippen LogP contribution in [0.25, 0.3) is 0 Å². The van der Waals surface area contributed by atoms with Crippen LogP contribution in [0.1, 0.15) is 49.4 Å². The van der Waals surface area contributed by atoms with Crippen LogP contribution < -0.4 is 16.4 Å². The first-order valence-electron chi connectivity index (χ1n) is 7.42. The molecule has 1 unspecified atom stereocenters. The number of carbonyl (C=O) groups excluding carboxylic acids is 1. The number of nitrogens with zero attached hydrogens (tertiary/aromatic N) is 2. The molecule has 1 saturated heterocycles. The number of hydrogen-bond acceptors (Lipinski definition) is 4. The van der Waals surface area contributed by atoms with Crippen LogP contribution in [0.5, 0.6) is 0 Å². The lowest BCUT2D eigenvalue weighted by atomic mass is 9.96. The first kappa shape index (κ1) is 14.6. The smallest absolute Gasteiger partial charge is 0.250 e. The van der Waals surface area contributed by atoms with Gasteiger partial charge in [0, 0.05) is 13.1 Å². The number of carbonyl (C=O) groups is 1. The van der Waals surface area contributed by atoms with Crippen molar-refractivity contribution in [1.82, 2.24) is 4.98 Å². The number of nitrogens with two attached hydrogens (primary N) is 2. The van der Waals surface area contributed by atoms with Crippen LogP contribution in [-0.2, 0) is 0 Å². The largest absolute Gasteiger partial charge is 0.397 e. The van der Waals surface area contributed by atoms with Gasteiger partial charge in [0.1, 0.15) is 5.82 Å². The number of anilines is 2. The highest BCUT2D eigenvalue weighted by atomic mass is 16.1. The van der Waals surface area contributed by atoms with Gasteiger partial charge in [-0.05, 0) is 31.2 Å². The van der Waals surface area contributed by atoms with E-state index < -0.39 is 5.91 Å². The van der Waals surface area contributed by atoms with Crippen LogP contribution in [0, 0.1) is 5.92 Å². The van der Waals surface area contributed by atoms with Crippen molar-refractivity contribution in [2.24, 2.45) is 11.7 Å². The van der Waals surface area contributed by atoms with Crippen LogP contribution >= 0.6 is 0 Å². The fraction of sp³-hybridized carbons (Fsp3) is 0.600. The third kappa shape index (κ3) is 3.40. The van der Waals surface area contributed by atoms with E-state index in [9.17, 15) is 4.79 Å². The van der Waals surface area contributed by atoms with Gasteiger partial charge in [0.05, 0.1) is 17.4 Å². The molecule has 0 spiro atoms. The van der Waals surface area contributed by atoms with Crippen LogP contribution in [0.3, 0.4) is 0 Å². The van der Waals surface area contributed by atoms with E-state index in [1.807, 2.05) is 0 Å². The molecule has 1 aliphatic heterocycles. The van der Waals surface area contributed by atoms with E-state index >= 15 is 0 Å². The highest BCUT2D eigenvalue weighted by molar-refractivity contribution is 5.98. The van der Waals surface area contributed by atoms with E-state index in [1.165, 1.54) is 38.3 Å². The number of aromatic nitrogens is 1. The average Bonchev–Trinajstić information content (AvgIpc) is 2.65. The fourth-order valence-corrected chi connectivity index (χ4v) is 2.93. The zero-order chi connectivity index (χ0) is 14.5. The van der Waals surface area contributed by atoms with Gasteiger partial charge < -0.3 is 16.4 Å². The molecule has 1 fully saturated rings. The summed E-state index contributed by atoms with van der Waals surface area (Å²) in [6, 6.07) is 1.72. The minimum absolute atomic E-state index is 0.347. The van der Waals surface area contributed by atoms with Crippen molar-refractivity contribution in [3.8, 4) is 0 Å². The minimum atomic E-state index is -0.496. The predicted octanol–water partition coefficient (Wildman–Crippen LogP) is 2.17. The fourth-order valence-electron chi connectivity index (χ4n) is 2.93. The number of amides is 1. The summed E-state index contributed by atoms with van der Waals surface area (Å²) >= 11 is 0. The summed E-state index contributed by atoms with van der Waals surface area (Å²) < 4.78 is 0. The lowest BCUT2D eigenvalue weighted by Gasteiger charge is -2.22. The number of pyridine rings is 1. The first-order valence-corrected chi connectivity index (χ1v) is 7.42. The van der Waals surface area contributed by atoms with Gasteiger partial charge in [0.2, 0.25) is 0 Å². The highest BCUT2D eigenvalue weighted by Crippen LogP contribution is 2.25. The van der Waals surface area contributed by atoms with Crippen LogP contribution in [0.15, 0.2) is 12.3 Å². The number of hydrogen-bond donors (Lipinski definition) is 2. The Morgan fingerprint density at radius 3 is 2.95 bits per heavy atom. The maximum Gasteiger partial charge on any atom is 0.250 e. The molecule has 4 N–H and O–H groups in total. The maximum absolute atomic E-state index is 11.4. The molecule has 0 aromatic carbocycles. The summed E-state index contributed by atoms with van der Waals surface area (Å²) in [5, 5.41) is 0.